The van der Waals surface area contributed by atoms with Gasteiger partial charge in [-0.1, -0.05) is 18.3 Å². The molecule has 1 amide bonds. The van der Waals surface area contributed by atoms with Crippen molar-refractivity contribution in [2.45, 2.75) is 13.5 Å². The molecule has 0 aliphatic carbocycles. The molecule has 0 aliphatic rings. The van der Waals surface area contributed by atoms with Crippen LogP contribution in [0.25, 0.3) is 0 Å². The lowest BCUT2D eigenvalue weighted by Crippen LogP contribution is -2.37. The van der Waals surface area contributed by atoms with E-state index in [9.17, 15) is 13.6 Å². The normalized spacial score (nSPS) is 10.3. The number of likely N-dealkylation sites (N-methyl/N-ethyl adjacent to an activating group) is 1. The predicted molar refractivity (Wildman–Crippen MR) is 71.4 cm³/mol. The molecule has 2 N–H and O–H groups in total. The van der Waals surface area contributed by atoms with E-state index in [4.69, 9.17) is 18.0 Å². The fraction of sp³-hybridized carbons (Fsp3) is 0.333. The maximum Gasteiger partial charge on any atom is 0.387 e. The number of thiocarbonyl (C=S) groups is 1. The first-order chi connectivity index (χ1) is 8.93. The minimum atomic E-state index is -2.93. The van der Waals surface area contributed by atoms with Crippen molar-refractivity contribution in [3.8, 4) is 5.75 Å². The molecule has 0 fully saturated rings. The predicted octanol–water partition coefficient (Wildman–Crippen LogP) is 2.04. The Morgan fingerprint density at radius 3 is 2.74 bits per heavy atom. The quantitative estimate of drug-likeness (QED) is 0.814. The Hall–Kier alpha value is -1.76. The highest BCUT2D eigenvalue weighted by Crippen LogP contribution is 2.17. The molecular weight excluding hydrogens is 274 g/mol. The average molecular weight is 288 g/mol. The van der Waals surface area contributed by atoms with Gasteiger partial charge in [0.05, 0.1) is 11.5 Å². The van der Waals surface area contributed by atoms with Crippen LogP contribution in [0.3, 0.4) is 0 Å². The number of carbonyl (C=O) groups is 1. The van der Waals surface area contributed by atoms with Crippen molar-refractivity contribution in [3.63, 3.8) is 0 Å². The summed E-state index contributed by atoms with van der Waals surface area (Å²) in [6.45, 7) is -0.597. The van der Waals surface area contributed by atoms with E-state index >= 15 is 0 Å². The van der Waals surface area contributed by atoms with Gasteiger partial charge in [0.15, 0.2) is 0 Å². The molecular formula is C12H14F2N2O2S. The fourth-order valence-electron chi connectivity index (χ4n) is 1.50. The Morgan fingerprint density at radius 2 is 2.21 bits per heavy atom. The Labute approximate surface area is 115 Å². The van der Waals surface area contributed by atoms with Crippen LogP contribution in [0, 0.1) is 0 Å². The summed E-state index contributed by atoms with van der Waals surface area (Å²) in [5.41, 5.74) is 5.64. The number of hydrogen-bond donors (Lipinski definition) is 1. The minimum Gasteiger partial charge on any atom is -0.435 e. The Balaban J connectivity index is 2.88. The van der Waals surface area contributed by atoms with Crippen LogP contribution in [-0.4, -0.2) is 35.5 Å². The van der Waals surface area contributed by atoms with E-state index in [-0.39, 0.29) is 28.8 Å². The van der Waals surface area contributed by atoms with Crippen LogP contribution in [0.4, 0.5) is 8.78 Å². The summed E-state index contributed by atoms with van der Waals surface area (Å²) in [7, 11) is 0. The Bertz CT molecular complexity index is 469. The first-order valence-electron chi connectivity index (χ1n) is 5.56. The summed E-state index contributed by atoms with van der Waals surface area (Å²) >= 11 is 4.75. The smallest absolute Gasteiger partial charge is 0.387 e. The number of alkyl halides is 2. The first kappa shape index (κ1) is 15.3. The molecule has 1 aromatic rings. The second-order valence-corrected chi connectivity index (χ2v) is 4.22. The van der Waals surface area contributed by atoms with Crippen LogP contribution >= 0.6 is 12.2 Å². The Kier molecular flexibility index (Phi) is 5.62. The van der Waals surface area contributed by atoms with Crippen LogP contribution in [0.2, 0.25) is 0 Å². The molecule has 0 radical (unpaired) electrons. The molecule has 0 bridgehead atoms. The number of hydrogen-bond acceptors (Lipinski definition) is 3. The van der Waals surface area contributed by atoms with Crippen molar-refractivity contribution in [2.24, 2.45) is 5.73 Å². The van der Waals surface area contributed by atoms with Crippen LogP contribution in [0.15, 0.2) is 24.3 Å². The van der Waals surface area contributed by atoms with Crippen molar-refractivity contribution in [2.75, 3.05) is 13.1 Å². The summed E-state index contributed by atoms with van der Waals surface area (Å²) in [5.74, 6) is -0.401. The van der Waals surface area contributed by atoms with E-state index in [1.165, 1.54) is 29.2 Å². The van der Waals surface area contributed by atoms with Gasteiger partial charge in [0.25, 0.3) is 5.91 Å². The first-order valence-corrected chi connectivity index (χ1v) is 5.97. The summed E-state index contributed by atoms with van der Waals surface area (Å²) in [6.07, 6.45) is 0. The molecule has 0 saturated heterocycles. The lowest BCUT2D eigenvalue weighted by molar-refractivity contribution is -0.0499. The van der Waals surface area contributed by atoms with Crippen LogP contribution in [0.1, 0.15) is 17.3 Å². The van der Waals surface area contributed by atoms with Crippen molar-refractivity contribution < 1.29 is 18.3 Å². The molecule has 1 aromatic carbocycles. The third-order valence-electron chi connectivity index (χ3n) is 2.32. The van der Waals surface area contributed by atoms with Gasteiger partial charge in [-0.05, 0) is 25.1 Å². The highest BCUT2D eigenvalue weighted by molar-refractivity contribution is 7.80. The van der Waals surface area contributed by atoms with Gasteiger partial charge in [-0.3, -0.25) is 4.79 Å². The van der Waals surface area contributed by atoms with E-state index in [1.54, 1.807) is 6.92 Å². The molecule has 0 aliphatic heterocycles. The van der Waals surface area contributed by atoms with Crippen LogP contribution < -0.4 is 10.5 Å². The summed E-state index contributed by atoms with van der Waals surface area (Å²) in [4.78, 5) is 13.7. The molecule has 0 atom stereocenters. The van der Waals surface area contributed by atoms with Gasteiger partial charge in [-0.25, -0.2) is 0 Å². The van der Waals surface area contributed by atoms with E-state index < -0.39 is 6.61 Å². The van der Waals surface area contributed by atoms with Gasteiger partial charge in [0, 0.05) is 12.1 Å². The second-order valence-electron chi connectivity index (χ2n) is 3.69. The third kappa shape index (κ3) is 4.78. The number of ether oxygens (including phenoxy) is 1. The maximum absolute atomic E-state index is 12.1. The lowest BCUT2D eigenvalue weighted by atomic mass is 10.2. The van der Waals surface area contributed by atoms with Crippen molar-refractivity contribution in [3.05, 3.63) is 29.8 Å². The number of carbonyl (C=O) groups excluding carboxylic acids is 1. The monoisotopic (exact) mass is 288 g/mol. The topological polar surface area (TPSA) is 55.6 Å². The summed E-state index contributed by atoms with van der Waals surface area (Å²) in [6, 6.07) is 5.60. The zero-order valence-corrected chi connectivity index (χ0v) is 11.1. The van der Waals surface area contributed by atoms with Crippen molar-refractivity contribution in [1.29, 1.82) is 0 Å². The van der Waals surface area contributed by atoms with Gasteiger partial charge in [-0.15, -0.1) is 0 Å². The molecule has 104 valence electrons. The largest absolute Gasteiger partial charge is 0.435 e. The molecule has 1 rings (SSSR count). The molecule has 0 heterocycles. The van der Waals surface area contributed by atoms with Crippen molar-refractivity contribution >= 4 is 23.1 Å². The van der Waals surface area contributed by atoms with Gasteiger partial charge in [0.2, 0.25) is 0 Å². The van der Waals surface area contributed by atoms with Crippen molar-refractivity contribution in [1.82, 2.24) is 4.90 Å². The number of nitrogens with two attached hydrogens (primary N) is 1. The summed E-state index contributed by atoms with van der Waals surface area (Å²) < 4.78 is 28.4. The molecule has 19 heavy (non-hydrogen) atoms. The van der Waals surface area contributed by atoms with Gasteiger partial charge >= 0.3 is 6.61 Å². The second kappa shape index (κ2) is 6.98. The summed E-state index contributed by atoms with van der Waals surface area (Å²) in [5, 5.41) is 0. The standard InChI is InChI=1S/C12H14F2N2O2S/c1-2-16(7-10(15)19)11(17)8-4-3-5-9(6-8)18-12(13)14/h3-6,12H,2,7H2,1H3,(H2,15,19). The third-order valence-corrected chi connectivity index (χ3v) is 2.45. The minimum absolute atomic E-state index is 0.0628. The van der Waals surface area contributed by atoms with E-state index in [1.807, 2.05) is 0 Å². The number of halogens is 2. The van der Waals surface area contributed by atoms with Gasteiger partial charge in [-0.2, -0.15) is 8.78 Å². The number of benzene rings is 1. The zero-order valence-electron chi connectivity index (χ0n) is 10.3. The highest BCUT2D eigenvalue weighted by atomic mass is 32.1. The number of amides is 1. The molecule has 0 unspecified atom stereocenters. The van der Waals surface area contributed by atoms with E-state index in [0.29, 0.717) is 6.54 Å². The molecule has 0 spiro atoms. The SMILES string of the molecule is CCN(CC(N)=S)C(=O)c1cccc(OC(F)F)c1. The highest BCUT2D eigenvalue weighted by Gasteiger charge is 2.16. The Morgan fingerprint density at radius 1 is 1.53 bits per heavy atom. The molecule has 0 aromatic heterocycles. The average Bonchev–Trinajstić information content (AvgIpc) is 2.34. The zero-order chi connectivity index (χ0) is 14.4. The van der Waals surface area contributed by atoms with E-state index in [0.717, 1.165) is 0 Å². The molecule has 4 nitrogen and oxygen atoms in total. The lowest BCUT2D eigenvalue weighted by Gasteiger charge is -2.20. The molecule has 0 saturated carbocycles. The molecule has 7 heteroatoms. The van der Waals surface area contributed by atoms with E-state index in [2.05, 4.69) is 4.74 Å². The van der Waals surface area contributed by atoms with Crippen LogP contribution in [-0.2, 0) is 0 Å². The number of nitrogens with zero attached hydrogens (tertiary/aromatic N) is 1. The maximum atomic E-state index is 12.1. The van der Waals surface area contributed by atoms with Gasteiger partial charge in [0.1, 0.15) is 5.75 Å². The van der Waals surface area contributed by atoms with Crippen LogP contribution in [0.5, 0.6) is 5.75 Å². The fourth-order valence-corrected chi connectivity index (χ4v) is 1.66. The number of rotatable bonds is 6. The van der Waals surface area contributed by atoms with Gasteiger partial charge < -0.3 is 15.4 Å².